The van der Waals surface area contributed by atoms with Crippen molar-refractivity contribution in [3.05, 3.63) is 50.3 Å². The highest BCUT2D eigenvalue weighted by Crippen LogP contribution is 2.29. The summed E-state index contributed by atoms with van der Waals surface area (Å²) < 4.78 is 0.866. The van der Waals surface area contributed by atoms with Gasteiger partial charge in [-0.2, -0.15) is 0 Å². The van der Waals surface area contributed by atoms with E-state index in [1.54, 1.807) is 19.1 Å². The second kappa shape index (κ2) is 5.49. The smallest absolute Gasteiger partial charge is 0.251 e. The van der Waals surface area contributed by atoms with Crippen molar-refractivity contribution in [2.75, 3.05) is 0 Å². The Morgan fingerprint density at radius 1 is 1.39 bits per heavy atom. The lowest BCUT2D eigenvalue weighted by Crippen LogP contribution is -2.08. The van der Waals surface area contributed by atoms with E-state index in [9.17, 15) is 9.59 Å². The van der Waals surface area contributed by atoms with Crippen molar-refractivity contribution in [1.82, 2.24) is 9.97 Å². The molecule has 0 spiro atoms. The van der Waals surface area contributed by atoms with Crippen LogP contribution in [-0.2, 0) is 0 Å². The lowest BCUT2D eigenvalue weighted by Gasteiger charge is -2.05. The largest absolute Gasteiger partial charge is 0.301 e. The Morgan fingerprint density at radius 2 is 2.17 bits per heavy atom. The summed E-state index contributed by atoms with van der Waals surface area (Å²) in [6, 6.07) is 6.75. The maximum absolute atomic E-state index is 11.3. The van der Waals surface area contributed by atoms with E-state index in [0.29, 0.717) is 16.4 Å². The fourth-order valence-electron chi connectivity index (χ4n) is 1.40. The molecule has 92 valence electrons. The van der Waals surface area contributed by atoms with Crippen molar-refractivity contribution in [2.45, 2.75) is 17.0 Å². The summed E-state index contributed by atoms with van der Waals surface area (Å²) in [6.07, 6.45) is 0.780. The quantitative estimate of drug-likeness (QED) is 0.696. The monoisotopic (exact) mass is 324 g/mol. The highest BCUT2D eigenvalue weighted by atomic mass is 79.9. The molecule has 2 aromatic rings. The first kappa shape index (κ1) is 13.0. The molecule has 0 unspecified atom stereocenters. The van der Waals surface area contributed by atoms with Gasteiger partial charge in [0, 0.05) is 26.7 Å². The fraction of sp³-hybridized carbons (Fsp3) is 0.0833. The van der Waals surface area contributed by atoms with Crippen LogP contribution in [0.25, 0.3) is 0 Å². The van der Waals surface area contributed by atoms with E-state index in [0.717, 1.165) is 15.7 Å². The number of rotatable bonds is 3. The molecule has 0 amide bonds. The van der Waals surface area contributed by atoms with E-state index in [4.69, 9.17) is 0 Å². The topological polar surface area (TPSA) is 62.8 Å². The first-order valence-corrected chi connectivity index (χ1v) is 6.70. The van der Waals surface area contributed by atoms with E-state index in [2.05, 4.69) is 25.9 Å². The zero-order valence-corrected chi connectivity index (χ0v) is 11.8. The molecular weight excluding hydrogens is 316 g/mol. The predicted octanol–water partition coefficient (Wildman–Crippen LogP) is 2.80. The van der Waals surface area contributed by atoms with Crippen molar-refractivity contribution < 1.29 is 4.79 Å². The van der Waals surface area contributed by atoms with Gasteiger partial charge in [-0.3, -0.25) is 9.59 Å². The minimum absolute atomic E-state index is 0.201. The maximum Gasteiger partial charge on any atom is 0.251 e. The normalized spacial score (nSPS) is 10.3. The second-order valence-electron chi connectivity index (χ2n) is 3.59. The van der Waals surface area contributed by atoms with Crippen molar-refractivity contribution >= 4 is 34.0 Å². The molecule has 0 saturated heterocycles. The number of hydrogen-bond donors (Lipinski definition) is 1. The van der Waals surface area contributed by atoms with Gasteiger partial charge in [-0.25, -0.2) is 4.98 Å². The van der Waals surface area contributed by atoms with Crippen molar-refractivity contribution in [3.63, 3.8) is 0 Å². The third-order valence-electron chi connectivity index (χ3n) is 2.16. The molecule has 1 N–H and O–H groups in total. The van der Waals surface area contributed by atoms with E-state index >= 15 is 0 Å². The van der Waals surface area contributed by atoms with Crippen molar-refractivity contribution in [2.24, 2.45) is 0 Å². The number of carbonyl (C=O) groups is 1. The SMILES string of the molecule is Cc1cc(=O)[nH]c(Sc2cc(Br)ccc2C=O)n1. The second-order valence-corrected chi connectivity index (χ2v) is 5.54. The number of hydrogen-bond acceptors (Lipinski definition) is 4. The molecule has 0 bridgehead atoms. The van der Waals surface area contributed by atoms with Crippen LogP contribution in [0.15, 0.2) is 43.6 Å². The molecule has 4 nitrogen and oxygen atoms in total. The number of aldehydes is 1. The molecule has 2 rings (SSSR count). The molecule has 0 aliphatic heterocycles. The van der Waals surface area contributed by atoms with Gasteiger partial charge in [0.15, 0.2) is 11.4 Å². The molecule has 0 saturated carbocycles. The minimum atomic E-state index is -0.201. The molecule has 1 aromatic heterocycles. The van der Waals surface area contributed by atoms with Gasteiger partial charge in [0.05, 0.1) is 0 Å². The van der Waals surface area contributed by atoms with Crippen molar-refractivity contribution in [1.29, 1.82) is 0 Å². The summed E-state index contributed by atoms with van der Waals surface area (Å²) >= 11 is 4.60. The van der Waals surface area contributed by atoms with Gasteiger partial charge >= 0.3 is 0 Å². The van der Waals surface area contributed by atoms with E-state index in [1.165, 1.54) is 17.8 Å². The van der Waals surface area contributed by atoms with E-state index in [1.807, 2.05) is 6.07 Å². The van der Waals surface area contributed by atoms with Gasteiger partial charge in [0.2, 0.25) is 0 Å². The summed E-state index contributed by atoms with van der Waals surface area (Å²) in [5.41, 5.74) is 1.00. The average molecular weight is 325 g/mol. The van der Waals surface area contributed by atoms with Gasteiger partial charge in [-0.15, -0.1) is 0 Å². The summed E-state index contributed by atoms with van der Waals surface area (Å²) in [4.78, 5) is 29.9. The number of nitrogens with one attached hydrogen (secondary N) is 1. The lowest BCUT2D eigenvalue weighted by atomic mass is 10.2. The third-order valence-corrected chi connectivity index (χ3v) is 3.61. The van der Waals surface area contributed by atoms with Crippen LogP contribution in [0, 0.1) is 6.92 Å². The number of aryl methyl sites for hydroxylation is 1. The van der Waals surface area contributed by atoms with Crippen LogP contribution in [0.3, 0.4) is 0 Å². The van der Waals surface area contributed by atoms with Crippen LogP contribution >= 0.6 is 27.7 Å². The molecule has 6 heteroatoms. The van der Waals surface area contributed by atoms with Crippen LogP contribution in [0.1, 0.15) is 16.1 Å². The highest BCUT2D eigenvalue weighted by Gasteiger charge is 2.07. The van der Waals surface area contributed by atoms with Crippen LogP contribution < -0.4 is 5.56 Å². The fourth-order valence-corrected chi connectivity index (χ4v) is 2.88. The summed E-state index contributed by atoms with van der Waals surface area (Å²) in [6.45, 7) is 1.75. The summed E-state index contributed by atoms with van der Waals surface area (Å²) in [5, 5.41) is 0.473. The Kier molecular flexibility index (Phi) is 3.98. The van der Waals surface area contributed by atoms with Gasteiger partial charge in [-0.05, 0) is 25.1 Å². The van der Waals surface area contributed by atoms with Crippen LogP contribution in [-0.4, -0.2) is 16.3 Å². The molecule has 0 aliphatic carbocycles. The first-order chi connectivity index (χ1) is 8.58. The third kappa shape index (κ3) is 3.08. The van der Waals surface area contributed by atoms with Crippen LogP contribution in [0.4, 0.5) is 0 Å². The Morgan fingerprint density at radius 3 is 2.83 bits per heavy atom. The molecule has 18 heavy (non-hydrogen) atoms. The highest BCUT2D eigenvalue weighted by molar-refractivity contribution is 9.10. The van der Waals surface area contributed by atoms with Gasteiger partial charge < -0.3 is 4.98 Å². The van der Waals surface area contributed by atoms with Crippen LogP contribution in [0.5, 0.6) is 0 Å². The molecule has 1 heterocycles. The molecule has 0 atom stereocenters. The van der Waals surface area contributed by atoms with Gasteiger partial charge in [0.1, 0.15) is 0 Å². The predicted molar refractivity (Wildman–Crippen MR) is 73.2 cm³/mol. The Balaban J connectivity index is 2.41. The summed E-state index contributed by atoms with van der Waals surface area (Å²) in [7, 11) is 0. The molecule has 1 aromatic carbocycles. The van der Waals surface area contributed by atoms with Crippen molar-refractivity contribution in [3.8, 4) is 0 Å². The first-order valence-electron chi connectivity index (χ1n) is 5.09. The Labute approximate surface area is 116 Å². The summed E-state index contributed by atoms with van der Waals surface area (Å²) in [5.74, 6) is 0. The van der Waals surface area contributed by atoms with Gasteiger partial charge in [0.25, 0.3) is 5.56 Å². The number of aromatic amines is 1. The maximum atomic E-state index is 11.3. The number of halogens is 1. The number of carbonyl (C=O) groups excluding carboxylic acids is 1. The Bertz CT molecular complexity index is 655. The molecule has 0 aliphatic rings. The minimum Gasteiger partial charge on any atom is -0.301 e. The van der Waals surface area contributed by atoms with E-state index < -0.39 is 0 Å². The van der Waals surface area contributed by atoms with Gasteiger partial charge in [-0.1, -0.05) is 27.7 Å². The van der Waals surface area contributed by atoms with E-state index in [-0.39, 0.29) is 5.56 Å². The number of nitrogens with zero attached hydrogens (tertiary/aromatic N) is 1. The lowest BCUT2D eigenvalue weighted by molar-refractivity contribution is 0.112. The van der Waals surface area contributed by atoms with Crippen LogP contribution in [0.2, 0.25) is 0 Å². The zero-order chi connectivity index (χ0) is 13.1. The Hall–Kier alpha value is -1.40. The molecular formula is C12H9BrN2O2S. The number of H-pyrrole nitrogens is 1. The standard InChI is InChI=1S/C12H9BrN2O2S/c1-7-4-11(17)15-12(14-7)18-10-5-9(13)3-2-8(10)6-16/h2-6H,1H3,(H,14,15,17). The molecule has 0 radical (unpaired) electrons. The number of aromatic nitrogens is 2. The zero-order valence-electron chi connectivity index (χ0n) is 9.44. The molecule has 0 fully saturated rings. The average Bonchev–Trinajstić information content (AvgIpc) is 2.27. The number of benzene rings is 1.